The van der Waals surface area contributed by atoms with Gasteiger partial charge in [0.15, 0.2) is 5.13 Å². The number of carbonyl (C=O) groups is 1. The van der Waals surface area contributed by atoms with Crippen LogP contribution in [0.3, 0.4) is 0 Å². The van der Waals surface area contributed by atoms with E-state index in [0.717, 1.165) is 11.3 Å². The molecule has 22 heavy (non-hydrogen) atoms. The minimum absolute atomic E-state index is 0.106. The van der Waals surface area contributed by atoms with E-state index in [4.69, 9.17) is 0 Å². The molecule has 2 aromatic rings. The van der Waals surface area contributed by atoms with Crippen LogP contribution in [-0.2, 0) is 11.3 Å². The Balaban J connectivity index is 1.99. The summed E-state index contributed by atoms with van der Waals surface area (Å²) >= 11 is 0.895. The van der Waals surface area contributed by atoms with Crippen LogP contribution in [0, 0.1) is 29.1 Å². The summed E-state index contributed by atoms with van der Waals surface area (Å²) in [7, 11) is 0. The van der Waals surface area contributed by atoms with Gasteiger partial charge in [0, 0.05) is 0 Å². The zero-order chi connectivity index (χ0) is 16.3. The van der Waals surface area contributed by atoms with Gasteiger partial charge in [-0.1, -0.05) is 0 Å². The number of halogens is 1. The molecule has 0 aliphatic heterocycles. The molecule has 0 unspecified atom stereocenters. The number of hydrogen-bond acceptors (Lipinski definition) is 6. The van der Waals surface area contributed by atoms with Crippen LogP contribution in [0.5, 0.6) is 0 Å². The molecule has 0 atom stereocenters. The van der Waals surface area contributed by atoms with Gasteiger partial charge in [-0.25, -0.2) is 5.43 Å². The topological polar surface area (TPSA) is 102 Å². The maximum Gasteiger partial charge on any atom is 0.312 e. The number of carbonyl (C=O) groups excluding carboxylic acids is 1. The molecule has 0 bridgehead atoms. The molecule has 0 saturated heterocycles. The summed E-state index contributed by atoms with van der Waals surface area (Å²) < 4.78 is 14.0. The minimum Gasteiger partial charge on any atom is -0.271 e. The van der Waals surface area contributed by atoms with Gasteiger partial charge in [-0.05, 0) is 26.0 Å². The van der Waals surface area contributed by atoms with Crippen molar-refractivity contribution in [1.82, 2.24) is 15.2 Å². The van der Waals surface area contributed by atoms with Crippen LogP contribution in [0.15, 0.2) is 17.2 Å². The number of amides is 1. The molecule has 10 heteroatoms. The number of thiophene rings is 1. The van der Waals surface area contributed by atoms with Crippen LogP contribution in [0.1, 0.15) is 16.3 Å². The summed E-state index contributed by atoms with van der Waals surface area (Å²) in [6.07, 6.45) is 1.31. The van der Waals surface area contributed by atoms with E-state index >= 15 is 0 Å². The van der Waals surface area contributed by atoms with Gasteiger partial charge < -0.3 is 0 Å². The van der Waals surface area contributed by atoms with Gasteiger partial charge in [0.1, 0.15) is 17.9 Å². The van der Waals surface area contributed by atoms with Crippen LogP contribution in [-0.4, -0.2) is 26.8 Å². The highest BCUT2D eigenvalue weighted by Crippen LogP contribution is 2.21. The Bertz CT molecular complexity index is 752. The molecule has 116 valence electrons. The third-order valence-corrected chi connectivity index (χ3v) is 3.60. The van der Waals surface area contributed by atoms with Crippen molar-refractivity contribution < 1.29 is 14.1 Å². The Morgan fingerprint density at radius 1 is 1.59 bits per heavy atom. The van der Waals surface area contributed by atoms with Crippen LogP contribution in [0.2, 0.25) is 0 Å². The number of aryl methyl sites for hydroxylation is 1. The lowest BCUT2D eigenvalue weighted by molar-refractivity contribution is -0.386. The zero-order valence-electron chi connectivity index (χ0n) is 11.7. The highest BCUT2D eigenvalue weighted by atomic mass is 32.1. The van der Waals surface area contributed by atoms with E-state index in [-0.39, 0.29) is 23.1 Å². The lowest BCUT2D eigenvalue weighted by atomic mass is 10.3. The van der Waals surface area contributed by atoms with Crippen molar-refractivity contribution in [2.24, 2.45) is 5.10 Å². The van der Waals surface area contributed by atoms with Crippen molar-refractivity contribution in [2.45, 2.75) is 20.4 Å². The van der Waals surface area contributed by atoms with E-state index in [9.17, 15) is 19.3 Å². The van der Waals surface area contributed by atoms with Crippen molar-refractivity contribution >= 4 is 29.1 Å². The van der Waals surface area contributed by atoms with E-state index < -0.39 is 10.8 Å². The molecule has 1 amide bonds. The highest BCUT2D eigenvalue weighted by molar-refractivity contribution is 7.12. The van der Waals surface area contributed by atoms with Gasteiger partial charge in [0.25, 0.3) is 5.91 Å². The smallest absolute Gasteiger partial charge is 0.271 e. The Kier molecular flexibility index (Phi) is 4.61. The molecular formula is C12H12FN5O3S. The lowest BCUT2D eigenvalue weighted by Gasteiger charge is -2.01. The number of hydrogen-bond donors (Lipinski definition) is 1. The second kappa shape index (κ2) is 6.43. The third-order valence-electron chi connectivity index (χ3n) is 2.79. The number of rotatable bonds is 5. The first kappa shape index (κ1) is 15.8. The molecule has 1 N–H and O–H groups in total. The number of nitrogens with zero attached hydrogens (tertiary/aromatic N) is 4. The van der Waals surface area contributed by atoms with Crippen LogP contribution in [0.4, 0.5) is 10.1 Å². The predicted octanol–water partition coefficient (Wildman–Crippen LogP) is 1.76. The second-order valence-corrected chi connectivity index (χ2v) is 5.43. The van der Waals surface area contributed by atoms with E-state index in [2.05, 4.69) is 15.6 Å². The number of aromatic nitrogens is 2. The fourth-order valence-electron chi connectivity index (χ4n) is 1.84. The molecule has 0 spiro atoms. The standard InChI is InChI=1S/C12H12FN5O3S/c1-7-12(18(20)21)8(2)17(16-7)6-11(19)15-14-5-9-3-4-10(13)22-9/h3-5H,6H2,1-2H3,(H,15,19)/b14-5-. The van der Waals surface area contributed by atoms with Gasteiger partial charge in [-0.2, -0.15) is 14.6 Å². The average molecular weight is 325 g/mol. The predicted molar refractivity (Wildman–Crippen MR) is 78.4 cm³/mol. The van der Waals surface area contributed by atoms with E-state index in [1.165, 1.54) is 36.9 Å². The summed E-state index contributed by atoms with van der Waals surface area (Å²) in [4.78, 5) is 22.6. The molecule has 0 aromatic carbocycles. The van der Waals surface area contributed by atoms with E-state index in [0.29, 0.717) is 10.6 Å². The van der Waals surface area contributed by atoms with Crippen LogP contribution in [0.25, 0.3) is 0 Å². The summed E-state index contributed by atoms with van der Waals surface area (Å²) in [5, 5.41) is 18.2. The van der Waals surface area contributed by atoms with Gasteiger partial charge >= 0.3 is 5.69 Å². The fourth-order valence-corrected chi connectivity index (χ4v) is 2.45. The van der Waals surface area contributed by atoms with Crippen molar-refractivity contribution in [2.75, 3.05) is 0 Å². The molecule has 2 aromatic heterocycles. The Morgan fingerprint density at radius 3 is 2.86 bits per heavy atom. The summed E-state index contributed by atoms with van der Waals surface area (Å²) in [5.74, 6) is -0.492. The minimum atomic E-state index is -0.532. The molecule has 2 rings (SSSR count). The lowest BCUT2D eigenvalue weighted by Crippen LogP contribution is -2.24. The first-order chi connectivity index (χ1) is 10.4. The van der Waals surface area contributed by atoms with Gasteiger partial charge in [-0.3, -0.25) is 19.6 Å². The quantitative estimate of drug-likeness (QED) is 0.514. The summed E-state index contributed by atoms with van der Waals surface area (Å²) in [6, 6.07) is 2.82. The Morgan fingerprint density at radius 2 is 2.32 bits per heavy atom. The van der Waals surface area contributed by atoms with Crippen molar-refractivity contribution in [3.63, 3.8) is 0 Å². The first-order valence-corrected chi connectivity index (χ1v) is 6.95. The number of hydrazone groups is 1. The monoisotopic (exact) mass is 325 g/mol. The fraction of sp³-hybridized carbons (Fsp3) is 0.250. The maximum absolute atomic E-state index is 12.8. The number of nitrogens with one attached hydrogen (secondary N) is 1. The molecular weight excluding hydrogens is 313 g/mol. The summed E-state index contributed by atoms with van der Waals surface area (Å²) in [5.41, 5.74) is 2.69. The van der Waals surface area contributed by atoms with Crippen molar-refractivity contribution in [3.05, 3.63) is 43.6 Å². The highest BCUT2D eigenvalue weighted by Gasteiger charge is 2.22. The zero-order valence-corrected chi connectivity index (χ0v) is 12.6. The van der Waals surface area contributed by atoms with Crippen molar-refractivity contribution in [1.29, 1.82) is 0 Å². The third kappa shape index (κ3) is 3.52. The van der Waals surface area contributed by atoms with Gasteiger partial charge in [0.2, 0.25) is 0 Å². The molecule has 0 saturated carbocycles. The molecule has 0 aliphatic carbocycles. The number of nitro groups is 1. The average Bonchev–Trinajstić information content (AvgIpc) is 2.94. The largest absolute Gasteiger partial charge is 0.312 e. The van der Waals surface area contributed by atoms with Crippen LogP contribution < -0.4 is 5.43 Å². The Hall–Kier alpha value is -2.62. The first-order valence-electron chi connectivity index (χ1n) is 6.14. The van der Waals surface area contributed by atoms with Gasteiger partial charge in [0.05, 0.1) is 16.0 Å². The molecule has 2 heterocycles. The second-order valence-electron chi connectivity index (χ2n) is 4.37. The molecule has 0 fully saturated rings. The molecule has 8 nitrogen and oxygen atoms in total. The van der Waals surface area contributed by atoms with Gasteiger partial charge in [-0.15, -0.1) is 11.3 Å². The molecule has 0 radical (unpaired) electrons. The molecule has 0 aliphatic rings. The van der Waals surface area contributed by atoms with E-state index in [1.54, 1.807) is 0 Å². The van der Waals surface area contributed by atoms with E-state index in [1.807, 2.05) is 0 Å². The Labute approximate surface area is 128 Å². The normalized spacial score (nSPS) is 11.0. The van der Waals surface area contributed by atoms with Crippen molar-refractivity contribution in [3.8, 4) is 0 Å². The SMILES string of the molecule is Cc1nn(CC(=O)N/N=C\c2ccc(F)s2)c(C)c1[N+](=O)[O-]. The van der Waals surface area contributed by atoms with Crippen LogP contribution >= 0.6 is 11.3 Å². The summed E-state index contributed by atoms with van der Waals surface area (Å²) in [6.45, 7) is 2.82. The maximum atomic E-state index is 12.8.